The summed E-state index contributed by atoms with van der Waals surface area (Å²) in [7, 11) is 0. The molecule has 2 amide bonds. The number of carbonyl (C=O) groups is 1. The third-order valence-corrected chi connectivity index (χ3v) is 6.04. The summed E-state index contributed by atoms with van der Waals surface area (Å²) in [5.74, 6) is 2.74. The predicted octanol–water partition coefficient (Wildman–Crippen LogP) is 4.24. The fraction of sp³-hybridized carbons (Fsp3) is 0.609. The molecule has 8 heteroatoms. The van der Waals surface area contributed by atoms with E-state index in [2.05, 4.69) is 15.5 Å². The first-order valence-corrected chi connectivity index (χ1v) is 11.4. The number of hydrogen-bond donors (Lipinski definition) is 1. The molecule has 1 atom stereocenters. The molecular formula is C23H32N4O4. The number of likely N-dealkylation sites (tertiary alicyclic amines) is 1. The average molecular weight is 429 g/mol. The van der Waals surface area contributed by atoms with Gasteiger partial charge in [0.25, 0.3) is 0 Å². The number of rotatable bonds is 9. The highest BCUT2D eigenvalue weighted by Gasteiger charge is 2.31. The standard InChI is InChI=1S/C23H32N4O4/c1-2-30-20-10-6-5-9-19(20)24-23(28)27-13-11-18(15-27)22-25-21(26-31-22)12-14-29-16-17-7-3-4-8-17/h5-6,9-10,17-18H,2-4,7-8,11-16H2,1H3,(H,24,28). The van der Waals surface area contributed by atoms with Crippen LogP contribution in [0.3, 0.4) is 0 Å². The molecule has 2 aliphatic rings. The van der Waals surface area contributed by atoms with Crippen molar-refractivity contribution in [2.75, 3.05) is 38.2 Å². The topological polar surface area (TPSA) is 89.7 Å². The van der Waals surface area contributed by atoms with Gasteiger partial charge in [-0.1, -0.05) is 30.1 Å². The van der Waals surface area contributed by atoms with Gasteiger partial charge in [-0.3, -0.25) is 0 Å². The summed E-state index contributed by atoms with van der Waals surface area (Å²) in [6.45, 7) is 5.13. The zero-order valence-electron chi connectivity index (χ0n) is 18.2. The Morgan fingerprint density at radius 3 is 2.94 bits per heavy atom. The maximum atomic E-state index is 12.7. The summed E-state index contributed by atoms with van der Waals surface area (Å²) in [6.07, 6.45) is 6.70. The number of para-hydroxylation sites is 2. The van der Waals surface area contributed by atoms with Gasteiger partial charge in [0.1, 0.15) is 5.75 Å². The number of aromatic nitrogens is 2. The lowest BCUT2D eigenvalue weighted by molar-refractivity contribution is 0.102. The maximum Gasteiger partial charge on any atom is 0.321 e. The number of nitrogens with zero attached hydrogens (tertiary/aromatic N) is 3. The molecule has 2 fully saturated rings. The van der Waals surface area contributed by atoms with Crippen LogP contribution in [0, 0.1) is 5.92 Å². The van der Waals surface area contributed by atoms with Crippen LogP contribution in [0.25, 0.3) is 0 Å². The fourth-order valence-electron chi connectivity index (χ4n) is 4.32. The van der Waals surface area contributed by atoms with E-state index in [0.717, 1.165) is 18.9 Å². The lowest BCUT2D eigenvalue weighted by Crippen LogP contribution is -2.33. The SMILES string of the molecule is CCOc1ccccc1NC(=O)N1CCC(c2nc(CCOCC3CCCC3)no2)C1. The minimum Gasteiger partial charge on any atom is -0.492 e. The molecule has 1 saturated carbocycles. The van der Waals surface area contributed by atoms with E-state index >= 15 is 0 Å². The van der Waals surface area contributed by atoms with Crippen molar-refractivity contribution in [2.24, 2.45) is 5.92 Å². The van der Waals surface area contributed by atoms with Crippen LogP contribution in [0.5, 0.6) is 5.75 Å². The number of nitrogens with one attached hydrogen (secondary N) is 1. The fourth-order valence-corrected chi connectivity index (χ4v) is 4.32. The highest BCUT2D eigenvalue weighted by Crippen LogP contribution is 2.29. The maximum absolute atomic E-state index is 12.7. The third-order valence-electron chi connectivity index (χ3n) is 6.04. The van der Waals surface area contributed by atoms with Gasteiger partial charge in [-0.25, -0.2) is 4.79 Å². The van der Waals surface area contributed by atoms with Crippen molar-refractivity contribution in [1.82, 2.24) is 15.0 Å². The Morgan fingerprint density at radius 2 is 2.10 bits per heavy atom. The zero-order valence-corrected chi connectivity index (χ0v) is 18.2. The molecule has 4 rings (SSSR count). The van der Waals surface area contributed by atoms with E-state index in [1.807, 2.05) is 31.2 Å². The van der Waals surface area contributed by atoms with Crippen molar-refractivity contribution in [3.63, 3.8) is 0 Å². The van der Waals surface area contributed by atoms with E-state index in [9.17, 15) is 4.79 Å². The molecule has 2 heterocycles. The van der Waals surface area contributed by atoms with E-state index in [1.165, 1.54) is 25.7 Å². The molecule has 31 heavy (non-hydrogen) atoms. The van der Waals surface area contributed by atoms with E-state index in [1.54, 1.807) is 4.90 Å². The highest BCUT2D eigenvalue weighted by atomic mass is 16.5. The normalized spacial score (nSPS) is 19.1. The van der Waals surface area contributed by atoms with Crippen LogP contribution in [0.15, 0.2) is 28.8 Å². The van der Waals surface area contributed by atoms with Crippen molar-refractivity contribution < 1.29 is 18.8 Å². The van der Waals surface area contributed by atoms with Crippen LogP contribution in [0.2, 0.25) is 0 Å². The second-order valence-corrected chi connectivity index (χ2v) is 8.32. The quantitative estimate of drug-likeness (QED) is 0.601. The lowest BCUT2D eigenvalue weighted by atomic mass is 10.1. The first-order chi connectivity index (χ1) is 15.2. The van der Waals surface area contributed by atoms with Crippen LogP contribution in [0.4, 0.5) is 10.5 Å². The first-order valence-electron chi connectivity index (χ1n) is 11.4. The first kappa shape index (κ1) is 21.6. The molecule has 1 aromatic heterocycles. The predicted molar refractivity (Wildman–Crippen MR) is 116 cm³/mol. The summed E-state index contributed by atoms with van der Waals surface area (Å²) >= 11 is 0. The van der Waals surface area contributed by atoms with Gasteiger partial charge in [0.05, 0.1) is 24.8 Å². The van der Waals surface area contributed by atoms with E-state index in [-0.39, 0.29) is 11.9 Å². The van der Waals surface area contributed by atoms with Gasteiger partial charge in [0.15, 0.2) is 5.82 Å². The van der Waals surface area contributed by atoms with Gasteiger partial charge in [0, 0.05) is 26.1 Å². The lowest BCUT2D eigenvalue weighted by Gasteiger charge is -2.18. The number of hydrogen-bond acceptors (Lipinski definition) is 6. The third kappa shape index (κ3) is 5.76. The van der Waals surface area contributed by atoms with E-state index < -0.39 is 0 Å². The van der Waals surface area contributed by atoms with E-state index in [0.29, 0.717) is 55.9 Å². The van der Waals surface area contributed by atoms with Crippen molar-refractivity contribution in [2.45, 2.75) is 51.4 Å². The Hall–Kier alpha value is -2.61. The van der Waals surface area contributed by atoms with Crippen molar-refractivity contribution >= 4 is 11.7 Å². The Morgan fingerprint density at radius 1 is 1.26 bits per heavy atom. The summed E-state index contributed by atoms with van der Waals surface area (Å²) in [5.41, 5.74) is 0.676. The summed E-state index contributed by atoms with van der Waals surface area (Å²) in [4.78, 5) is 19.0. The molecular weight excluding hydrogens is 396 g/mol. The summed E-state index contributed by atoms with van der Waals surface area (Å²) < 4.78 is 16.9. The van der Waals surface area contributed by atoms with E-state index in [4.69, 9.17) is 14.0 Å². The smallest absolute Gasteiger partial charge is 0.321 e. The molecule has 1 N–H and O–H groups in total. The minimum absolute atomic E-state index is 0.0635. The van der Waals surface area contributed by atoms with Crippen LogP contribution in [-0.4, -0.2) is 54.0 Å². The van der Waals surface area contributed by atoms with Crippen LogP contribution < -0.4 is 10.1 Å². The Labute approximate surface area is 183 Å². The van der Waals surface area contributed by atoms with Crippen molar-refractivity contribution in [3.8, 4) is 5.75 Å². The molecule has 168 valence electrons. The number of anilines is 1. The van der Waals surface area contributed by atoms with Crippen molar-refractivity contribution in [3.05, 3.63) is 36.0 Å². The molecule has 1 aliphatic carbocycles. The molecule has 8 nitrogen and oxygen atoms in total. The van der Waals surface area contributed by atoms with Crippen molar-refractivity contribution in [1.29, 1.82) is 0 Å². The molecule has 0 radical (unpaired) electrons. The minimum atomic E-state index is -0.144. The monoisotopic (exact) mass is 428 g/mol. The molecule has 1 unspecified atom stereocenters. The highest BCUT2D eigenvalue weighted by molar-refractivity contribution is 5.91. The summed E-state index contributed by atoms with van der Waals surface area (Å²) in [6, 6.07) is 7.32. The van der Waals surface area contributed by atoms with Gasteiger partial charge in [-0.2, -0.15) is 4.98 Å². The second-order valence-electron chi connectivity index (χ2n) is 8.32. The Bertz CT molecular complexity index is 850. The van der Waals surface area contributed by atoms with Gasteiger partial charge >= 0.3 is 6.03 Å². The van der Waals surface area contributed by atoms with Gasteiger partial charge < -0.3 is 24.2 Å². The largest absolute Gasteiger partial charge is 0.492 e. The molecule has 1 aromatic carbocycles. The Kier molecular flexibility index (Phi) is 7.40. The van der Waals surface area contributed by atoms with Crippen LogP contribution in [0.1, 0.15) is 56.7 Å². The average Bonchev–Trinajstić information content (AvgIpc) is 3.54. The van der Waals surface area contributed by atoms with Crippen LogP contribution in [-0.2, 0) is 11.2 Å². The van der Waals surface area contributed by atoms with Gasteiger partial charge in [0.2, 0.25) is 5.89 Å². The molecule has 2 aromatic rings. The molecule has 0 bridgehead atoms. The van der Waals surface area contributed by atoms with Crippen LogP contribution >= 0.6 is 0 Å². The van der Waals surface area contributed by atoms with Gasteiger partial charge in [-0.05, 0) is 44.2 Å². The molecule has 1 saturated heterocycles. The number of ether oxygens (including phenoxy) is 2. The Balaban J connectivity index is 1.23. The molecule has 1 aliphatic heterocycles. The zero-order chi connectivity index (χ0) is 21.5. The number of urea groups is 1. The summed E-state index contributed by atoms with van der Waals surface area (Å²) in [5, 5.41) is 7.05. The van der Waals surface area contributed by atoms with Gasteiger partial charge in [-0.15, -0.1) is 0 Å². The number of amides is 2. The second kappa shape index (κ2) is 10.6. The number of benzene rings is 1. The number of carbonyl (C=O) groups excluding carboxylic acids is 1. The molecule has 0 spiro atoms.